The lowest BCUT2D eigenvalue weighted by molar-refractivity contribution is 0.00578. The number of hydrogen-bond donors (Lipinski definition) is 1. The van der Waals surface area contributed by atoms with E-state index in [0.29, 0.717) is 19.0 Å². The topological polar surface area (TPSA) is 76.8 Å². The molecule has 3 rings (SSSR count). The van der Waals surface area contributed by atoms with Crippen molar-refractivity contribution in [3.63, 3.8) is 0 Å². The highest BCUT2D eigenvalue weighted by molar-refractivity contribution is 6.62. The van der Waals surface area contributed by atoms with E-state index in [1.54, 1.807) is 0 Å². The molecule has 2 aliphatic rings. The van der Waals surface area contributed by atoms with Crippen LogP contribution in [0, 0.1) is 5.92 Å². The summed E-state index contributed by atoms with van der Waals surface area (Å²) in [5, 5.41) is 13.6. The first-order valence-corrected chi connectivity index (χ1v) is 8.98. The maximum absolute atomic E-state index is 11.0. The van der Waals surface area contributed by atoms with Gasteiger partial charge in [0.05, 0.1) is 17.2 Å². The first-order valence-electron chi connectivity index (χ1n) is 8.98. The zero-order valence-electron chi connectivity index (χ0n) is 15.7. The molecule has 138 valence electrons. The number of piperidine rings is 1. The fraction of sp³-hybridized carbons (Fsp3) is 0.765. The Morgan fingerprint density at radius 1 is 1.28 bits per heavy atom. The average molecular weight is 349 g/mol. The molecular weight excluding hydrogens is 321 g/mol. The number of nitrogens with zero attached hydrogens (tertiary/aromatic N) is 3. The molecule has 1 amide bonds. The zero-order valence-corrected chi connectivity index (χ0v) is 15.7. The molecule has 0 bridgehead atoms. The predicted molar refractivity (Wildman–Crippen MR) is 95.0 cm³/mol. The molecule has 2 aliphatic heterocycles. The average Bonchev–Trinajstić information content (AvgIpc) is 3.10. The van der Waals surface area contributed by atoms with E-state index >= 15 is 0 Å². The van der Waals surface area contributed by atoms with E-state index in [1.165, 1.54) is 4.90 Å². The summed E-state index contributed by atoms with van der Waals surface area (Å²) in [5.74, 6) is 0.418. The van der Waals surface area contributed by atoms with Crippen LogP contribution in [0.4, 0.5) is 4.79 Å². The van der Waals surface area contributed by atoms with Crippen LogP contribution in [0.25, 0.3) is 0 Å². The molecule has 0 saturated carbocycles. The highest BCUT2D eigenvalue weighted by Crippen LogP contribution is 2.36. The molecule has 1 atom stereocenters. The Labute approximate surface area is 149 Å². The van der Waals surface area contributed by atoms with Crippen LogP contribution in [0.5, 0.6) is 0 Å². The van der Waals surface area contributed by atoms with Crippen molar-refractivity contribution in [2.45, 2.75) is 64.7 Å². The number of likely N-dealkylation sites (tertiary alicyclic amines) is 1. The smallest absolute Gasteiger partial charge is 0.465 e. The first kappa shape index (κ1) is 18.3. The van der Waals surface area contributed by atoms with E-state index in [-0.39, 0.29) is 17.2 Å². The van der Waals surface area contributed by atoms with E-state index in [9.17, 15) is 4.79 Å². The molecule has 1 aromatic heterocycles. The van der Waals surface area contributed by atoms with Gasteiger partial charge >= 0.3 is 13.2 Å². The molecule has 25 heavy (non-hydrogen) atoms. The van der Waals surface area contributed by atoms with Crippen LogP contribution < -0.4 is 5.46 Å². The van der Waals surface area contributed by atoms with Gasteiger partial charge in [-0.15, -0.1) is 0 Å². The molecule has 1 unspecified atom stereocenters. The lowest BCUT2D eigenvalue weighted by Crippen LogP contribution is -2.41. The molecular formula is C17H28BN3O4. The molecule has 2 fully saturated rings. The SMILES string of the molecule is CC(C1CCN(C(=O)O)CC1)n1cc(B2OC(C)(C)C(C)(C)O2)cn1. The maximum atomic E-state index is 11.0. The Morgan fingerprint density at radius 3 is 2.36 bits per heavy atom. The molecule has 7 nitrogen and oxygen atoms in total. The molecule has 3 heterocycles. The molecule has 1 aromatic rings. The van der Waals surface area contributed by atoms with Crippen molar-refractivity contribution in [1.29, 1.82) is 0 Å². The van der Waals surface area contributed by atoms with Crippen molar-refractivity contribution in [1.82, 2.24) is 14.7 Å². The van der Waals surface area contributed by atoms with Gasteiger partial charge in [-0.25, -0.2) is 4.79 Å². The van der Waals surface area contributed by atoms with Crippen LogP contribution in [0.2, 0.25) is 0 Å². The lowest BCUT2D eigenvalue weighted by atomic mass is 9.82. The Morgan fingerprint density at radius 2 is 1.84 bits per heavy atom. The van der Waals surface area contributed by atoms with Crippen LogP contribution in [0.15, 0.2) is 12.4 Å². The summed E-state index contributed by atoms with van der Waals surface area (Å²) < 4.78 is 14.1. The van der Waals surface area contributed by atoms with E-state index in [1.807, 2.05) is 44.8 Å². The number of rotatable bonds is 3. The van der Waals surface area contributed by atoms with Gasteiger partial charge in [-0.2, -0.15) is 5.10 Å². The van der Waals surface area contributed by atoms with Gasteiger partial charge < -0.3 is 19.3 Å². The minimum absolute atomic E-state index is 0.215. The molecule has 0 aromatic carbocycles. The standard InChI is InChI=1S/C17H28BN3O4/c1-12(13-6-8-20(9-7-13)15(22)23)21-11-14(10-19-21)18-24-16(2,3)17(4,5)25-18/h10-13H,6-9H2,1-5H3,(H,22,23). The third-order valence-electron chi connectivity index (χ3n) is 6.06. The van der Waals surface area contributed by atoms with Crippen molar-refractivity contribution >= 4 is 18.7 Å². The van der Waals surface area contributed by atoms with Gasteiger partial charge in [0.1, 0.15) is 0 Å². The van der Waals surface area contributed by atoms with Crippen molar-refractivity contribution in [3.8, 4) is 0 Å². The van der Waals surface area contributed by atoms with Crippen molar-refractivity contribution in [2.75, 3.05) is 13.1 Å². The minimum Gasteiger partial charge on any atom is -0.465 e. The Bertz CT molecular complexity index is 622. The summed E-state index contributed by atoms with van der Waals surface area (Å²) in [6.07, 6.45) is 4.70. The molecule has 0 spiro atoms. The van der Waals surface area contributed by atoms with E-state index in [2.05, 4.69) is 12.0 Å². The molecule has 8 heteroatoms. The van der Waals surface area contributed by atoms with Gasteiger partial charge in [0.15, 0.2) is 0 Å². The maximum Gasteiger partial charge on any atom is 0.498 e. The quantitative estimate of drug-likeness (QED) is 0.846. The molecule has 0 aliphatic carbocycles. The van der Waals surface area contributed by atoms with Crippen molar-refractivity contribution in [3.05, 3.63) is 12.4 Å². The van der Waals surface area contributed by atoms with Gasteiger partial charge in [-0.3, -0.25) is 4.68 Å². The number of carbonyl (C=O) groups is 1. The molecule has 2 saturated heterocycles. The van der Waals surface area contributed by atoms with Gasteiger partial charge in [-0.05, 0) is 53.4 Å². The highest BCUT2D eigenvalue weighted by atomic mass is 16.7. The van der Waals surface area contributed by atoms with Crippen LogP contribution in [-0.4, -0.2) is 57.3 Å². The zero-order chi connectivity index (χ0) is 18.4. The van der Waals surface area contributed by atoms with Crippen LogP contribution in [-0.2, 0) is 9.31 Å². The van der Waals surface area contributed by atoms with Crippen molar-refractivity contribution in [2.24, 2.45) is 5.92 Å². The highest BCUT2D eigenvalue weighted by Gasteiger charge is 2.52. The third kappa shape index (κ3) is 3.42. The summed E-state index contributed by atoms with van der Waals surface area (Å²) in [6, 6.07) is 0.215. The summed E-state index contributed by atoms with van der Waals surface area (Å²) in [7, 11) is -0.403. The number of aromatic nitrogens is 2. The molecule has 1 N–H and O–H groups in total. The number of hydrogen-bond acceptors (Lipinski definition) is 4. The monoisotopic (exact) mass is 349 g/mol. The Balaban J connectivity index is 1.65. The van der Waals surface area contributed by atoms with E-state index in [4.69, 9.17) is 14.4 Å². The summed E-state index contributed by atoms with van der Waals surface area (Å²) >= 11 is 0. The van der Waals surface area contributed by atoms with Crippen LogP contribution >= 0.6 is 0 Å². The normalized spacial score (nSPS) is 24.5. The summed E-state index contributed by atoms with van der Waals surface area (Å²) in [6.45, 7) is 11.5. The van der Waals surface area contributed by atoms with E-state index in [0.717, 1.165) is 18.3 Å². The van der Waals surface area contributed by atoms with Gasteiger partial charge in [0.2, 0.25) is 0 Å². The number of amides is 1. The van der Waals surface area contributed by atoms with Crippen molar-refractivity contribution < 1.29 is 19.2 Å². The predicted octanol–water partition coefficient (Wildman–Crippen LogP) is 2.13. The number of carboxylic acid groups (broad SMARTS) is 1. The summed E-state index contributed by atoms with van der Waals surface area (Å²) in [4.78, 5) is 12.5. The largest absolute Gasteiger partial charge is 0.498 e. The fourth-order valence-corrected chi connectivity index (χ4v) is 3.47. The minimum atomic E-state index is -0.826. The lowest BCUT2D eigenvalue weighted by Gasteiger charge is -2.33. The Kier molecular flexibility index (Phi) is 4.62. The summed E-state index contributed by atoms with van der Waals surface area (Å²) in [5.41, 5.74) is 0.192. The third-order valence-corrected chi connectivity index (χ3v) is 6.06. The van der Waals surface area contributed by atoms with Gasteiger partial charge in [0, 0.05) is 30.9 Å². The van der Waals surface area contributed by atoms with Crippen LogP contribution in [0.3, 0.4) is 0 Å². The van der Waals surface area contributed by atoms with E-state index < -0.39 is 13.2 Å². The Hall–Kier alpha value is -1.54. The van der Waals surface area contributed by atoms with Gasteiger partial charge in [-0.1, -0.05) is 0 Å². The first-order chi connectivity index (χ1) is 11.6. The molecule has 0 radical (unpaired) electrons. The van der Waals surface area contributed by atoms with Crippen LogP contribution in [0.1, 0.15) is 53.5 Å². The van der Waals surface area contributed by atoms with Gasteiger partial charge in [0.25, 0.3) is 0 Å². The fourth-order valence-electron chi connectivity index (χ4n) is 3.47. The second kappa shape index (κ2) is 6.32. The second-order valence-electron chi connectivity index (χ2n) is 8.19. The second-order valence-corrected chi connectivity index (χ2v) is 8.19.